The van der Waals surface area contributed by atoms with E-state index in [2.05, 4.69) is 93.3 Å². The molecule has 0 unspecified atom stereocenters. The summed E-state index contributed by atoms with van der Waals surface area (Å²) in [5.41, 5.74) is 3.61. The van der Waals surface area contributed by atoms with Crippen molar-refractivity contribution < 1.29 is 0 Å². The fourth-order valence-corrected chi connectivity index (χ4v) is 4.99. The highest BCUT2D eigenvalue weighted by Crippen LogP contribution is 2.43. The Bertz CT molecular complexity index is 1110. The molecule has 0 aliphatic rings. The smallest absolute Gasteiger partial charge is 0.225 e. The Morgan fingerprint density at radius 1 is 1.04 bits per heavy atom. The summed E-state index contributed by atoms with van der Waals surface area (Å²) in [6.07, 6.45) is 0.936. The summed E-state index contributed by atoms with van der Waals surface area (Å²) in [5, 5.41) is 1.36. The molecular weight excluding hydrogens is 454 g/mol. The third-order valence-corrected chi connectivity index (χ3v) is 6.58. The highest BCUT2D eigenvalue weighted by molar-refractivity contribution is 9.10. The van der Waals surface area contributed by atoms with Gasteiger partial charge in [0.2, 0.25) is 5.28 Å². The summed E-state index contributed by atoms with van der Waals surface area (Å²) in [4.78, 5) is 13.5. The zero-order valence-electron chi connectivity index (χ0n) is 15.6. The molecule has 0 saturated carbocycles. The van der Waals surface area contributed by atoms with Crippen LogP contribution in [0.15, 0.2) is 59.1 Å². The van der Waals surface area contributed by atoms with Gasteiger partial charge in [-0.25, -0.2) is 4.98 Å². The van der Waals surface area contributed by atoms with Gasteiger partial charge in [-0.3, -0.25) is 0 Å². The predicted molar refractivity (Wildman–Crippen MR) is 123 cm³/mol. The first kappa shape index (κ1) is 19.4. The lowest BCUT2D eigenvalue weighted by Gasteiger charge is -2.20. The van der Waals surface area contributed by atoms with E-state index in [4.69, 9.17) is 11.6 Å². The third kappa shape index (κ3) is 3.79. The number of anilines is 1. The van der Waals surface area contributed by atoms with Gasteiger partial charge in [0.25, 0.3) is 0 Å². The van der Waals surface area contributed by atoms with Crippen molar-refractivity contribution in [2.75, 3.05) is 11.9 Å². The van der Waals surface area contributed by atoms with E-state index in [0.717, 1.165) is 33.5 Å². The van der Waals surface area contributed by atoms with Crippen molar-refractivity contribution in [2.24, 2.45) is 0 Å². The lowest BCUT2D eigenvalue weighted by atomic mass is 10.0. The Kier molecular flexibility index (Phi) is 5.67. The second-order valence-corrected chi connectivity index (χ2v) is 8.94. The summed E-state index contributed by atoms with van der Waals surface area (Å²) >= 11 is 11.5. The molecule has 142 valence electrons. The fraction of sp³-hybridized carbons (Fsp3) is 0.182. The topological polar surface area (TPSA) is 29.0 Å². The number of aryl methyl sites for hydroxylation is 1. The molecule has 6 heteroatoms. The summed E-state index contributed by atoms with van der Waals surface area (Å²) in [6, 6.07) is 18.8. The van der Waals surface area contributed by atoms with Gasteiger partial charge < -0.3 is 4.90 Å². The number of aromatic nitrogens is 2. The summed E-state index contributed by atoms with van der Waals surface area (Å²) in [5.74, 6) is 0.868. The Balaban J connectivity index is 1.90. The maximum atomic E-state index is 6.29. The number of halogens is 2. The van der Waals surface area contributed by atoms with E-state index >= 15 is 0 Å². The molecular formula is C22H19BrClN3S. The van der Waals surface area contributed by atoms with Crippen LogP contribution < -0.4 is 4.90 Å². The molecule has 0 amide bonds. The van der Waals surface area contributed by atoms with Crippen molar-refractivity contribution in [3.8, 4) is 11.1 Å². The van der Waals surface area contributed by atoms with Crippen LogP contribution in [0.2, 0.25) is 5.28 Å². The van der Waals surface area contributed by atoms with Crippen LogP contribution in [-0.4, -0.2) is 17.0 Å². The predicted octanol–water partition coefficient (Wildman–Crippen LogP) is 6.97. The summed E-state index contributed by atoms with van der Waals surface area (Å²) in [6.45, 7) is 2.93. The van der Waals surface area contributed by atoms with E-state index < -0.39 is 0 Å². The minimum Gasteiger partial charge on any atom is -0.355 e. The Hall–Kier alpha value is -1.95. The van der Waals surface area contributed by atoms with Crippen LogP contribution in [0.1, 0.15) is 17.4 Å². The number of hydrogen-bond acceptors (Lipinski definition) is 4. The Morgan fingerprint density at radius 3 is 2.43 bits per heavy atom. The molecule has 0 radical (unpaired) electrons. The second-order valence-electron chi connectivity index (χ2n) is 6.60. The van der Waals surface area contributed by atoms with Crippen LogP contribution in [0.4, 0.5) is 5.82 Å². The van der Waals surface area contributed by atoms with Crippen LogP contribution in [0.5, 0.6) is 0 Å². The van der Waals surface area contributed by atoms with E-state index in [1.165, 1.54) is 21.6 Å². The average molecular weight is 473 g/mol. The third-order valence-electron chi connectivity index (χ3n) is 4.66. The van der Waals surface area contributed by atoms with Crippen molar-refractivity contribution in [1.82, 2.24) is 9.97 Å². The zero-order valence-corrected chi connectivity index (χ0v) is 18.8. The van der Waals surface area contributed by atoms with Crippen molar-refractivity contribution in [1.29, 1.82) is 0 Å². The first-order chi connectivity index (χ1) is 13.6. The Labute approximate surface area is 182 Å². The van der Waals surface area contributed by atoms with Gasteiger partial charge in [0.15, 0.2) is 0 Å². The molecule has 0 aliphatic carbocycles. The lowest BCUT2D eigenvalue weighted by molar-refractivity contribution is 0.901. The van der Waals surface area contributed by atoms with Gasteiger partial charge in [0.1, 0.15) is 10.6 Å². The molecule has 0 N–H and O–H groups in total. The lowest BCUT2D eigenvalue weighted by Crippen LogP contribution is -2.18. The van der Waals surface area contributed by atoms with E-state index in [9.17, 15) is 0 Å². The largest absolute Gasteiger partial charge is 0.355 e. The van der Waals surface area contributed by atoms with Crippen molar-refractivity contribution in [3.05, 3.63) is 74.8 Å². The SMILES string of the molecule is CCc1sc2nc(Cl)nc(N(C)Cc3ccccc3)c2c1-c1ccc(Br)cc1. The van der Waals surface area contributed by atoms with Crippen LogP contribution >= 0.6 is 38.9 Å². The first-order valence-electron chi connectivity index (χ1n) is 9.06. The maximum absolute atomic E-state index is 6.29. The minimum absolute atomic E-state index is 0.286. The van der Waals surface area contributed by atoms with E-state index in [1.807, 2.05) is 6.07 Å². The molecule has 0 spiro atoms. The van der Waals surface area contributed by atoms with Gasteiger partial charge in [-0.1, -0.05) is 65.3 Å². The van der Waals surface area contributed by atoms with E-state index in [0.29, 0.717) is 0 Å². The Morgan fingerprint density at radius 2 is 1.75 bits per heavy atom. The van der Waals surface area contributed by atoms with Crippen molar-refractivity contribution in [3.63, 3.8) is 0 Å². The standard InChI is InChI=1S/C22H19BrClN3S/c1-3-17-18(15-9-11-16(23)12-10-15)19-20(25-22(24)26-21(19)28-17)27(2)13-14-7-5-4-6-8-14/h4-12H,3,13H2,1-2H3. The van der Waals surface area contributed by atoms with Crippen LogP contribution in [0.3, 0.4) is 0 Å². The molecule has 0 bridgehead atoms. The number of benzene rings is 2. The van der Waals surface area contributed by atoms with Gasteiger partial charge in [0.05, 0.1) is 5.39 Å². The fourth-order valence-electron chi connectivity index (χ4n) is 3.38. The monoisotopic (exact) mass is 471 g/mol. The number of nitrogens with zero attached hydrogens (tertiary/aromatic N) is 3. The van der Waals surface area contributed by atoms with Crippen molar-refractivity contribution in [2.45, 2.75) is 19.9 Å². The molecule has 2 aromatic carbocycles. The molecule has 0 fully saturated rings. The molecule has 0 aliphatic heterocycles. The van der Waals surface area contributed by atoms with Gasteiger partial charge in [-0.2, -0.15) is 4.98 Å². The second kappa shape index (κ2) is 8.19. The number of thiophene rings is 1. The molecule has 28 heavy (non-hydrogen) atoms. The molecule has 4 rings (SSSR count). The molecule has 4 aromatic rings. The van der Waals surface area contributed by atoms with Gasteiger partial charge in [-0.05, 0) is 41.3 Å². The average Bonchev–Trinajstić information content (AvgIpc) is 3.07. The zero-order chi connectivity index (χ0) is 19.7. The van der Waals surface area contributed by atoms with E-state index in [1.54, 1.807) is 11.3 Å². The van der Waals surface area contributed by atoms with Crippen LogP contribution in [0, 0.1) is 0 Å². The molecule has 0 atom stereocenters. The summed E-state index contributed by atoms with van der Waals surface area (Å²) in [7, 11) is 2.06. The van der Waals surface area contributed by atoms with Gasteiger partial charge in [0, 0.05) is 28.5 Å². The summed E-state index contributed by atoms with van der Waals surface area (Å²) < 4.78 is 1.06. The quantitative estimate of drug-likeness (QED) is 0.294. The normalized spacial score (nSPS) is 11.1. The van der Waals surface area contributed by atoms with Gasteiger partial charge >= 0.3 is 0 Å². The number of hydrogen-bond donors (Lipinski definition) is 0. The number of fused-ring (bicyclic) bond motifs is 1. The minimum atomic E-state index is 0.286. The van der Waals surface area contributed by atoms with Crippen LogP contribution in [0.25, 0.3) is 21.3 Å². The first-order valence-corrected chi connectivity index (χ1v) is 11.1. The molecule has 2 heterocycles. The number of rotatable bonds is 5. The van der Waals surface area contributed by atoms with Crippen molar-refractivity contribution >= 4 is 54.9 Å². The molecule has 0 saturated heterocycles. The van der Waals surface area contributed by atoms with Crippen LogP contribution in [-0.2, 0) is 13.0 Å². The molecule has 2 aromatic heterocycles. The highest BCUT2D eigenvalue weighted by Gasteiger charge is 2.21. The van der Waals surface area contributed by atoms with E-state index in [-0.39, 0.29) is 5.28 Å². The molecule has 3 nitrogen and oxygen atoms in total. The highest BCUT2D eigenvalue weighted by atomic mass is 79.9. The van der Waals surface area contributed by atoms with Gasteiger partial charge in [-0.15, -0.1) is 11.3 Å². The maximum Gasteiger partial charge on any atom is 0.225 e.